The Balaban J connectivity index is 1.44. The lowest BCUT2D eigenvalue weighted by atomic mass is 10.1. The summed E-state index contributed by atoms with van der Waals surface area (Å²) in [5, 5.41) is 2.95. The first kappa shape index (κ1) is 15.9. The first-order valence-electron chi connectivity index (χ1n) is 8.99. The van der Waals surface area contributed by atoms with Crippen LogP contribution in [0.5, 0.6) is 0 Å². The fourth-order valence-corrected chi connectivity index (χ4v) is 3.80. The van der Waals surface area contributed by atoms with Crippen molar-refractivity contribution in [3.8, 4) is 11.1 Å². The molecule has 128 valence electrons. The molecule has 1 fully saturated rings. The zero-order valence-corrected chi connectivity index (χ0v) is 14.3. The van der Waals surface area contributed by atoms with Gasteiger partial charge in [0, 0.05) is 18.7 Å². The van der Waals surface area contributed by atoms with Gasteiger partial charge in [-0.15, -0.1) is 0 Å². The molecule has 2 aromatic rings. The van der Waals surface area contributed by atoms with Crippen molar-refractivity contribution in [3.05, 3.63) is 53.6 Å². The Labute approximate surface area is 147 Å². The molecular formula is C21H22N2O2. The van der Waals surface area contributed by atoms with E-state index in [0.29, 0.717) is 13.0 Å². The summed E-state index contributed by atoms with van der Waals surface area (Å²) in [4.78, 5) is 26.1. The van der Waals surface area contributed by atoms with Crippen molar-refractivity contribution in [2.45, 2.75) is 32.1 Å². The summed E-state index contributed by atoms with van der Waals surface area (Å²) in [5.41, 5.74) is 5.90. The minimum atomic E-state index is -0.120. The van der Waals surface area contributed by atoms with Crippen molar-refractivity contribution in [1.82, 2.24) is 4.90 Å². The predicted molar refractivity (Wildman–Crippen MR) is 98.4 cm³/mol. The first-order valence-corrected chi connectivity index (χ1v) is 8.99. The van der Waals surface area contributed by atoms with Gasteiger partial charge < -0.3 is 10.2 Å². The van der Waals surface area contributed by atoms with Crippen LogP contribution in [0.3, 0.4) is 0 Å². The summed E-state index contributed by atoms with van der Waals surface area (Å²) in [7, 11) is 0. The van der Waals surface area contributed by atoms with Crippen LogP contribution in [-0.4, -0.2) is 29.8 Å². The summed E-state index contributed by atoms with van der Waals surface area (Å²) in [6.07, 6.45) is 4.44. The highest BCUT2D eigenvalue weighted by Crippen LogP contribution is 2.37. The summed E-state index contributed by atoms with van der Waals surface area (Å²) in [6.45, 7) is 0.835. The topological polar surface area (TPSA) is 49.4 Å². The maximum atomic E-state index is 12.4. The number of fused-ring (bicyclic) bond motifs is 3. The zero-order chi connectivity index (χ0) is 17.2. The largest absolute Gasteiger partial charge is 0.333 e. The fraction of sp³-hybridized carbons (Fsp3) is 0.333. The lowest BCUT2D eigenvalue weighted by Crippen LogP contribution is -2.37. The van der Waals surface area contributed by atoms with E-state index in [1.165, 1.54) is 22.3 Å². The number of hydrogen-bond acceptors (Lipinski definition) is 2. The second-order valence-electron chi connectivity index (χ2n) is 6.88. The van der Waals surface area contributed by atoms with E-state index in [1.54, 1.807) is 4.90 Å². The van der Waals surface area contributed by atoms with E-state index >= 15 is 0 Å². The van der Waals surface area contributed by atoms with E-state index in [9.17, 15) is 9.59 Å². The van der Waals surface area contributed by atoms with Gasteiger partial charge in [-0.05, 0) is 53.6 Å². The molecule has 4 heteroatoms. The molecule has 1 saturated heterocycles. The molecule has 1 aliphatic carbocycles. The lowest BCUT2D eigenvalue weighted by Gasteiger charge is -2.20. The summed E-state index contributed by atoms with van der Waals surface area (Å²) in [5.74, 6) is -0.0252. The Kier molecular flexibility index (Phi) is 4.26. The number of anilines is 1. The van der Waals surface area contributed by atoms with Crippen LogP contribution < -0.4 is 5.32 Å². The van der Waals surface area contributed by atoms with Crippen LogP contribution in [0.15, 0.2) is 42.5 Å². The third-order valence-electron chi connectivity index (χ3n) is 5.08. The molecule has 4 rings (SSSR count). The average Bonchev–Trinajstić information content (AvgIpc) is 2.85. The number of rotatable bonds is 3. The van der Waals surface area contributed by atoms with Crippen LogP contribution in [0.4, 0.5) is 5.69 Å². The van der Waals surface area contributed by atoms with E-state index in [4.69, 9.17) is 0 Å². The molecule has 2 aliphatic rings. The van der Waals surface area contributed by atoms with Crippen LogP contribution in [0.2, 0.25) is 0 Å². The first-order chi connectivity index (χ1) is 12.2. The molecule has 25 heavy (non-hydrogen) atoms. The van der Waals surface area contributed by atoms with Crippen LogP contribution in [0, 0.1) is 0 Å². The van der Waals surface area contributed by atoms with Gasteiger partial charge >= 0.3 is 0 Å². The van der Waals surface area contributed by atoms with E-state index in [-0.39, 0.29) is 18.4 Å². The molecule has 0 aromatic heterocycles. The van der Waals surface area contributed by atoms with Crippen molar-refractivity contribution in [1.29, 1.82) is 0 Å². The molecule has 0 radical (unpaired) electrons. The molecule has 1 N–H and O–H groups in total. The average molecular weight is 334 g/mol. The quantitative estimate of drug-likeness (QED) is 0.795. The Morgan fingerprint density at radius 3 is 2.76 bits per heavy atom. The van der Waals surface area contributed by atoms with Crippen molar-refractivity contribution in [2.75, 3.05) is 18.4 Å². The third kappa shape index (κ3) is 3.29. The molecule has 4 nitrogen and oxygen atoms in total. The summed E-state index contributed by atoms with van der Waals surface area (Å²) >= 11 is 0. The lowest BCUT2D eigenvalue weighted by molar-refractivity contribution is -0.134. The number of likely N-dealkylation sites (tertiary alicyclic amines) is 1. The van der Waals surface area contributed by atoms with E-state index < -0.39 is 0 Å². The van der Waals surface area contributed by atoms with Gasteiger partial charge in [0.15, 0.2) is 0 Å². The molecular weight excluding hydrogens is 312 g/mol. The smallest absolute Gasteiger partial charge is 0.243 e. The molecule has 0 atom stereocenters. The Hall–Kier alpha value is -2.62. The predicted octanol–water partition coefficient (Wildman–Crippen LogP) is 3.60. The number of benzene rings is 2. The monoisotopic (exact) mass is 334 g/mol. The maximum absolute atomic E-state index is 12.4. The number of amides is 2. The Morgan fingerprint density at radius 2 is 1.84 bits per heavy atom. The van der Waals surface area contributed by atoms with Crippen LogP contribution in [-0.2, 0) is 16.0 Å². The van der Waals surface area contributed by atoms with E-state index in [0.717, 1.165) is 31.4 Å². The highest BCUT2D eigenvalue weighted by molar-refractivity contribution is 5.95. The Bertz CT molecular complexity index is 828. The molecule has 1 heterocycles. The second kappa shape index (κ2) is 6.71. The molecule has 0 spiro atoms. The Morgan fingerprint density at radius 1 is 1.00 bits per heavy atom. The number of nitrogens with one attached hydrogen (secondary N) is 1. The third-order valence-corrected chi connectivity index (χ3v) is 5.08. The number of hydrogen-bond donors (Lipinski definition) is 1. The summed E-state index contributed by atoms with van der Waals surface area (Å²) < 4.78 is 0. The van der Waals surface area contributed by atoms with Gasteiger partial charge in [-0.1, -0.05) is 36.8 Å². The highest BCUT2D eigenvalue weighted by Gasteiger charge is 2.21. The van der Waals surface area contributed by atoms with Gasteiger partial charge in [0.2, 0.25) is 11.8 Å². The number of carbonyl (C=O) groups is 2. The molecule has 0 unspecified atom stereocenters. The SMILES string of the molecule is O=C(CN1CCCCCC1=O)Nc1ccc2c(c1)Cc1ccccc1-2. The van der Waals surface area contributed by atoms with Gasteiger partial charge in [0.25, 0.3) is 0 Å². The minimum absolute atomic E-state index is 0.0945. The number of nitrogens with zero attached hydrogens (tertiary/aromatic N) is 1. The van der Waals surface area contributed by atoms with Crippen LogP contribution in [0.25, 0.3) is 11.1 Å². The van der Waals surface area contributed by atoms with Gasteiger partial charge in [-0.2, -0.15) is 0 Å². The van der Waals surface area contributed by atoms with Gasteiger partial charge in [-0.3, -0.25) is 9.59 Å². The van der Waals surface area contributed by atoms with Gasteiger partial charge in [-0.25, -0.2) is 0 Å². The molecule has 2 amide bonds. The van der Waals surface area contributed by atoms with Crippen molar-refractivity contribution >= 4 is 17.5 Å². The minimum Gasteiger partial charge on any atom is -0.333 e. The maximum Gasteiger partial charge on any atom is 0.243 e. The van der Waals surface area contributed by atoms with Gasteiger partial charge in [0.1, 0.15) is 0 Å². The van der Waals surface area contributed by atoms with Crippen LogP contribution in [0.1, 0.15) is 36.8 Å². The fourth-order valence-electron chi connectivity index (χ4n) is 3.80. The van der Waals surface area contributed by atoms with Crippen molar-refractivity contribution < 1.29 is 9.59 Å². The van der Waals surface area contributed by atoms with E-state index in [2.05, 4.69) is 41.7 Å². The van der Waals surface area contributed by atoms with Crippen molar-refractivity contribution in [2.24, 2.45) is 0 Å². The summed E-state index contributed by atoms with van der Waals surface area (Å²) in [6, 6.07) is 14.5. The van der Waals surface area contributed by atoms with Gasteiger partial charge in [0.05, 0.1) is 6.54 Å². The molecule has 0 bridgehead atoms. The molecule has 2 aromatic carbocycles. The van der Waals surface area contributed by atoms with E-state index in [1.807, 2.05) is 6.07 Å². The van der Waals surface area contributed by atoms with Crippen molar-refractivity contribution in [3.63, 3.8) is 0 Å². The second-order valence-corrected chi connectivity index (χ2v) is 6.88. The molecule has 1 aliphatic heterocycles. The normalized spacial score (nSPS) is 16.2. The van der Waals surface area contributed by atoms with Crippen LogP contribution >= 0.6 is 0 Å². The highest BCUT2D eigenvalue weighted by atomic mass is 16.2. The number of carbonyl (C=O) groups excluding carboxylic acids is 2. The standard InChI is InChI=1S/C21H22N2O2/c24-20(14-23-11-5-1-2-8-21(23)25)22-17-9-10-19-16(13-17)12-15-6-3-4-7-18(15)19/h3-4,6-7,9-10,13H,1-2,5,8,11-12,14H2,(H,22,24). The zero-order valence-electron chi connectivity index (χ0n) is 14.3. The molecule has 0 saturated carbocycles.